The van der Waals surface area contributed by atoms with Gasteiger partial charge >= 0.3 is 5.97 Å². The summed E-state index contributed by atoms with van der Waals surface area (Å²) >= 11 is 0. The number of carbonyl (C=O) groups is 1. The van der Waals surface area contributed by atoms with Crippen LogP contribution in [0.3, 0.4) is 0 Å². The Balaban J connectivity index is 1.84. The minimum absolute atomic E-state index is 0.000324. The van der Waals surface area contributed by atoms with E-state index >= 15 is 0 Å². The van der Waals surface area contributed by atoms with Crippen LogP contribution in [-0.2, 0) is 21.4 Å². The maximum Gasteiger partial charge on any atom is 0.309 e. The van der Waals surface area contributed by atoms with Gasteiger partial charge in [0.15, 0.2) is 0 Å². The monoisotopic (exact) mass is 218 g/mol. The molecule has 2 atom stereocenters. The minimum Gasteiger partial charge on any atom is -0.508 e. The van der Waals surface area contributed by atoms with Crippen molar-refractivity contribution in [1.82, 2.24) is 0 Å². The van der Waals surface area contributed by atoms with E-state index in [0.717, 1.165) is 18.4 Å². The zero-order valence-corrected chi connectivity index (χ0v) is 9.19. The molecule has 16 heavy (non-hydrogen) atoms. The summed E-state index contributed by atoms with van der Waals surface area (Å²) in [5.74, 6) is 0.213. The fourth-order valence-electron chi connectivity index (χ4n) is 2.86. The number of phenolic OH excluding ortho intramolecular Hbond substituents is 1. The molecular formula is C13H14O3. The lowest BCUT2D eigenvalue weighted by Crippen LogP contribution is -2.29. The first kappa shape index (κ1) is 9.70. The van der Waals surface area contributed by atoms with E-state index in [0.29, 0.717) is 6.61 Å². The first-order chi connectivity index (χ1) is 7.67. The van der Waals surface area contributed by atoms with Crippen LogP contribution in [0.25, 0.3) is 0 Å². The fraction of sp³-hybridized carbons (Fsp3) is 0.462. The van der Waals surface area contributed by atoms with Gasteiger partial charge in [0.1, 0.15) is 5.75 Å². The van der Waals surface area contributed by atoms with Gasteiger partial charge in [-0.1, -0.05) is 6.07 Å². The number of phenols is 1. The van der Waals surface area contributed by atoms with Gasteiger partial charge in [0.25, 0.3) is 0 Å². The van der Waals surface area contributed by atoms with Crippen molar-refractivity contribution in [2.24, 2.45) is 5.92 Å². The van der Waals surface area contributed by atoms with Crippen LogP contribution in [0.4, 0.5) is 0 Å². The summed E-state index contributed by atoms with van der Waals surface area (Å²) in [4.78, 5) is 11.6. The molecule has 0 saturated heterocycles. The Kier molecular flexibility index (Phi) is 1.82. The van der Waals surface area contributed by atoms with Crippen molar-refractivity contribution in [3.05, 3.63) is 29.3 Å². The maximum absolute atomic E-state index is 11.6. The predicted molar refractivity (Wildman–Crippen MR) is 58.2 cm³/mol. The highest BCUT2D eigenvalue weighted by Crippen LogP contribution is 2.64. The van der Waals surface area contributed by atoms with Crippen LogP contribution in [0, 0.1) is 5.92 Å². The van der Waals surface area contributed by atoms with Crippen LogP contribution in [0.1, 0.15) is 24.5 Å². The highest BCUT2D eigenvalue weighted by molar-refractivity contribution is 5.81. The van der Waals surface area contributed by atoms with Crippen molar-refractivity contribution < 1.29 is 14.6 Å². The molecule has 84 valence electrons. The van der Waals surface area contributed by atoms with E-state index in [1.165, 1.54) is 5.56 Å². The first-order valence-electron chi connectivity index (χ1n) is 5.66. The summed E-state index contributed by atoms with van der Waals surface area (Å²) in [5, 5.41) is 9.44. The van der Waals surface area contributed by atoms with Gasteiger partial charge in [-0.05, 0) is 43.0 Å². The summed E-state index contributed by atoms with van der Waals surface area (Å²) in [5.41, 5.74) is 2.40. The molecule has 1 N–H and O–H groups in total. The van der Waals surface area contributed by atoms with E-state index in [1.807, 2.05) is 13.0 Å². The SMILES string of the molecule is CCOC(=O)[C@H]1C[C@]12Cc1ccc(O)cc12. The van der Waals surface area contributed by atoms with Crippen molar-refractivity contribution in [2.75, 3.05) is 6.61 Å². The standard InChI is InChI=1S/C13H14O3/c1-2-16-12(15)11-7-13(11)6-8-3-4-9(14)5-10(8)13/h3-5,11,14H,2,6-7H2,1H3/t11-,13+/m1/s1. The minimum atomic E-state index is -0.0866. The number of hydrogen-bond acceptors (Lipinski definition) is 3. The molecule has 0 bridgehead atoms. The average molecular weight is 218 g/mol. The third-order valence-electron chi connectivity index (χ3n) is 3.78. The Labute approximate surface area is 94.0 Å². The molecule has 2 aliphatic rings. The Hall–Kier alpha value is -1.51. The molecule has 3 rings (SSSR count). The third-order valence-corrected chi connectivity index (χ3v) is 3.78. The molecular weight excluding hydrogens is 204 g/mol. The number of esters is 1. The molecule has 2 aliphatic carbocycles. The molecule has 0 heterocycles. The maximum atomic E-state index is 11.6. The molecule has 3 heteroatoms. The summed E-state index contributed by atoms with van der Waals surface area (Å²) in [6, 6.07) is 5.43. The Morgan fingerprint density at radius 2 is 2.44 bits per heavy atom. The lowest BCUT2D eigenvalue weighted by atomic mass is 9.73. The van der Waals surface area contributed by atoms with E-state index in [4.69, 9.17) is 4.74 Å². The highest BCUT2D eigenvalue weighted by atomic mass is 16.5. The van der Waals surface area contributed by atoms with Gasteiger partial charge in [0.2, 0.25) is 0 Å². The normalized spacial score (nSPS) is 29.4. The number of fused-ring (bicyclic) bond motifs is 2. The van der Waals surface area contributed by atoms with Crippen LogP contribution in [0.2, 0.25) is 0 Å². The lowest BCUT2D eigenvalue weighted by Gasteiger charge is -2.31. The molecule has 0 radical (unpaired) electrons. The smallest absolute Gasteiger partial charge is 0.309 e. The van der Waals surface area contributed by atoms with Crippen molar-refractivity contribution in [3.8, 4) is 5.75 Å². The lowest BCUT2D eigenvalue weighted by molar-refractivity contribution is -0.145. The number of benzene rings is 1. The van der Waals surface area contributed by atoms with Crippen LogP contribution in [-0.4, -0.2) is 17.7 Å². The largest absolute Gasteiger partial charge is 0.508 e. The molecule has 1 fully saturated rings. The quantitative estimate of drug-likeness (QED) is 0.769. The second-order valence-corrected chi connectivity index (χ2v) is 4.68. The van der Waals surface area contributed by atoms with Crippen molar-refractivity contribution >= 4 is 5.97 Å². The summed E-state index contributed by atoms with van der Waals surface area (Å²) < 4.78 is 5.04. The van der Waals surface area contributed by atoms with Gasteiger partial charge in [0.05, 0.1) is 12.5 Å². The van der Waals surface area contributed by atoms with E-state index < -0.39 is 0 Å². The number of carbonyl (C=O) groups excluding carboxylic acids is 1. The highest BCUT2D eigenvalue weighted by Gasteiger charge is 2.65. The number of aromatic hydroxyl groups is 1. The van der Waals surface area contributed by atoms with Gasteiger partial charge in [-0.15, -0.1) is 0 Å². The molecule has 1 aromatic rings. The molecule has 0 aromatic heterocycles. The van der Waals surface area contributed by atoms with Crippen molar-refractivity contribution in [2.45, 2.75) is 25.2 Å². The number of rotatable bonds is 2. The van der Waals surface area contributed by atoms with Gasteiger partial charge in [-0.2, -0.15) is 0 Å². The van der Waals surface area contributed by atoms with Crippen LogP contribution < -0.4 is 0 Å². The van der Waals surface area contributed by atoms with Gasteiger partial charge in [-0.25, -0.2) is 0 Å². The number of ether oxygens (including phenoxy) is 1. The molecule has 0 unspecified atom stereocenters. The van der Waals surface area contributed by atoms with Crippen molar-refractivity contribution in [3.63, 3.8) is 0 Å². The summed E-state index contributed by atoms with van der Waals surface area (Å²) in [7, 11) is 0. The van der Waals surface area contributed by atoms with E-state index in [9.17, 15) is 9.90 Å². The number of hydrogen-bond donors (Lipinski definition) is 1. The third kappa shape index (κ3) is 1.11. The molecule has 1 saturated carbocycles. The van der Waals surface area contributed by atoms with Gasteiger partial charge in [0, 0.05) is 5.41 Å². The fourth-order valence-corrected chi connectivity index (χ4v) is 2.86. The second kappa shape index (κ2) is 3.00. The topological polar surface area (TPSA) is 46.5 Å². The van der Waals surface area contributed by atoms with Crippen molar-refractivity contribution in [1.29, 1.82) is 0 Å². The Morgan fingerprint density at radius 1 is 1.62 bits per heavy atom. The Morgan fingerprint density at radius 3 is 3.19 bits per heavy atom. The van der Waals surface area contributed by atoms with E-state index in [1.54, 1.807) is 12.1 Å². The summed E-state index contributed by atoms with van der Waals surface area (Å²) in [6.45, 7) is 2.27. The van der Waals surface area contributed by atoms with Crippen LogP contribution in [0.5, 0.6) is 5.75 Å². The molecule has 3 nitrogen and oxygen atoms in total. The second-order valence-electron chi connectivity index (χ2n) is 4.68. The first-order valence-corrected chi connectivity index (χ1v) is 5.66. The van der Waals surface area contributed by atoms with Crippen LogP contribution in [0.15, 0.2) is 18.2 Å². The van der Waals surface area contributed by atoms with E-state index in [2.05, 4.69) is 0 Å². The molecule has 1 spiro atoms. The molecule has 0 amide bonds. The molecule has 1 aromatic carbocycles. The van der Waals surface area contributed by atoms with Gasteiger partial charge in [-0.3, -0.25) is 4.79 Å². The predicted octanol–water partition coefficient (Wildman–Crippen LogP) is 1.77. The van der Waals surface area contributed by atoms with Gasteiger partial charge < -0.3 is 9.84 Å². The summed E-state index contributed by atoms with van der Waals surface area (Å²) in [6.07, 6.45) is 1.83. The zero-order valence-electron chi connectivity index (χ0n) is 9.19. The average Bonchev–Trinajstić information content (AvgIpc) is 2.98. The molecule has 0 aliphatic heterocycles. The van der Waals surface area contributed by atoms with E-state index in [-0.39, 0.29) is 23.1 Å². The zero-order chi connectivity index (χ0) is 11.3. The van der Waals surface area contributed by atoms with Crippen LogP contribution >= 0.6 is 0 Å². The Bertz CT molecular complexity index is 466.